The van der Waals surface area contributed by atoms with E-state index in [1.807, 2.05) is 0 Å². The van der Waals surface area contributed by atoms with Crippen LogP contribution in [0.15, 0.2) is 40.9 Å². The first-order valence-corrected chi connectivity index (χ1v) is 6.20. The number of nitrogens with one attached hydrogen (secondary N) is 1. The molecule has 102 valence electrons. The first-order valence-electron chi connectivity index (χ1n) is 5.41. The fourth-order valence-corrected chi connectivity index (χ4v) is 1.91. The van der Waals surface area contributed by atoms with Crippen LogP contribution in [0.3, 0.4) is 0 Å². The molecule has 7 nitrogen and oxygen atoms in total. The second-order valence-electron chi connectivity index (χ2n) is 3.72. The van der Waals surface area contributed by atoms with E-state index in [1.54, 1.807) is 18.2 Å². The van der Waals surface area contributed by atoms with Crippen molar-refractivity contribution in [2.75, 3.05) is 0 Å². The standard InChI is InChI=1S/C12H9BrN4O3/c13-7-3-1-5-9(17(18)19)11(7)20-10-6-2-4-8(16-10)12(14)15/h1-6H,(H3,14,15). The van der Waals surface area contributed by atoms with Crippen molar-refractivity contribution in [3.05, 3.63) is 56.7 Å². The summed E-state index contributed by atoms with van der Waals surface area (Å²) in [6, 6.07) is 9.15. The number of nitrogens with two attached hydrogens (primary N) is 1. The minimum Gasteiger partial charge on any atom is -0.431 e. The van der Waals surface area contributed by atoms with Crippen molar-refractivity contribution in [1.82, 2.24) is 4.98 Å². The molecule has 2 rings (SSSR count). The Balaban J connectivity index is 2.42. The summed E-state index contributed by atoms with van der Waals surface area (Å²) in [6.45, 7) is 0. The Morgan fingerprint density at radius 1 is 1.35 bits per heavy atom. The summed E-state index contributed by atoms with van der Waals surface area (Å²) in [4.78, 5) is 14.4. The van der Waals surface area contributed by atoms with Gasteiger partial charge in [0, 0.05) is 12.1 Å². The van der Waals surface area contributed by atoms with E-state index in [4.69, 9.17) is 15.9 Å². The van der Waals surface area contributed by atoms with Gasteiger partial charge in [-0.15, -0.1) is 0 Å². The summed E-state index contributed by atoms with van der Waals surface area (Å²) in [6.07, 6.45) is 0. The molecule has 1 aromatic heterocycles. The van der Waals surface area contributed by atoms with Crippen LogP contribution in [0.25, 0.3) is 0 Å². The van der Waals surface area contributed by atoms with E-state index in [0.29, 0.717) is 4.47 Å². The van der Waals surface area contributed by atoms with E-state index < -0.39 is 4.92 Å². The average molecular weight is 337 g/mol. The SMILES string of the molecule is N=C(N)c1cccc(Oc2c(Br)cccc2[N+](=O)[O-])n1. The van der Waals surface area contributed by atoms with Gasteiger partial charge in [-0.25, -0.2) is 4.98 Å². The average Bonchev–Trinajstić information content (AvgIpc) is 2.41. The van der Waals surface area contributed by atoms with Crippen LogP contribution >= 0.6 is 15.9 Å². The number of para-hydroxylation sites is 1. The molecule has 0 saturated heterocycles. The number of nitrogens with zero attached hydrogens (tertiary/aromatic N) is 2. The van der Waals surface area contributed by atoms with Crippen LogP contribution in [0, 0.1) is 15.5 Å². The predicted molar refractivity (Wildman–Crippen MR) is 76.1 cm³/mol. The van der Waals surface area contributed by atoms with E-state index in [2.05, 4.69) is 20.9 Å². The fraction of sp³-hybridized carbons (Fsp3) is 0. The summed E-state index contributed by atoms with van der Waals surface area (Å²) in [5.74, 6) is -0.0459. The lowest BCUT2D eigenvalue weighted by atomic mass is 10.3. The van der Waals surface area contributed by atoms with Crippen molar-refractivity contribution >= 4 is 27.5 Å². The molecule has 0 saturated carbocycles. The van der Waals surface area contributed by atoms with Crippen molar-refractivity contribution in [2.45, 2.75) is 0 Å². The van der Waals surface area contributed by atoms with Gasteiger partial charge in [0.15, 0.2) is 0 Å². The Kier molecular flexibility index (Phi) is 3.94. The van der Waals surface area contributed by atoms with Gasteiger partial charge < -0.3 is 10.5 Å². The van der Waals surface area contributed by atoms with E-state index in [-0.39, 0.29) is 28.8 Å². The van der Waals surface area contributed by atoms with E-state index >= 15 is 0 Å². The highest BCUT2D eigenvalue weighted by molar-refractivity contribution is 9.10. The molecule has 0 radical (unpaired) electrons. The molecule has 3 N–H and O–H groups in total. The number of nitro benzene ring substituents is 1. The maximum absolute atomic E-state index is 11.0. The number of nitro groups is 1. The fourth-order valence-electron chi connectivity index (χ4n) is 1.47. The quantitative estimate of drug-likeness (QED) is 0.385. The lowest BCUT2D eigenvalue weighted by molar-refractivity contribution is -0.385. The Hall–Kier alpha value is -2.48. The van der Waals surface area contributed by atoms with Gasteiger partial charge in [0.25, 0.3) is 0 Å². The molecule has 0 atom stereocenters. The van der Waals surface area contributed by atoms with Crippen molar-refractivity contribution in [3.63, 3.8) is 0 Å². The topological polar surface area (TPSA) is 115 Å². The molecule has 2 aromatic rings. The highest BCUT2D eigenvalue weighted by Crippen LogP contribution is 2.37. The van der Waals surface area contributed by atoms with Crippen molar-refractivity contribution in [3.8, 4) is 11.6 Å². The molecule has 0 bridgehead atoms. The lowest BCUT2D eigenvalue weighted by Gasteiger charge is -2.08. The van der Waals surface area contributed by atoms with Crippen molar-refractivity contribution < 1.29 is 9.66 Å². The molecule has 0 aliphatic carbocycles. The number of benzene rings is 1. The summed E-state index contributed by atoms with van der Waals surface area (Å²) in [7, 11) is 0. The van der Waals surface area contributed by atoms with Gasteiger partial charge >= 0.3 is 5.69 Å². The number of rotatable bonds is 4. The molecular formula is C12H9BrN4O3. The number of aromatic nitrogens is 1. The van der Waals surface area contributed by atoms with Gasteiger partial charge in [-0.05, 0) is 28.1 Å². The molecular weight excluding hydrogens is 328 g/mol. The number of amidine groups is 1. The molecule has 1 aromatic carbocycles. The van der Waals surface area contributed by atoms with Gasteiger partial charge in [0.05, 0.1) is 9.40 Å². The van der Waals surface area contributed by atoms with Crippen LogP contribution in [-0.4, -0.2) is 15.7 Å². The number of halogens is 1. The molecule has 0 aliphatic heterocycles. The third-order valence-corrected chi connectivity index (χ3v) is 2.97. The number of nitrogen functional groups attached to an aromatic ring is 1. The summed E-state index contributed by atoms with van der Waals surface area (Å²) < 4.78 is 5.87. The summed E-state index contributed by atoms with van der Waals surface area (Å²) in [5, 5.41) is 18.3. The second-order valence-corrected chi connectivity index (χ2v) is 4.58. The van der Waals surface area contributed by atoms with Crippen LogP contribution in [0.5, 0.6) is 11.6 Å². The zero-order valence-corrected chi connectivity index (χ0v) is 11.6. The maximum Gasteiger partial charge on any atom is 0.312 e. The molecule has 1 heterocycles. The van der Waals surface area contributed by atoms with Crippen LogP contribution in [0.2, 0.25) is 0 Å². The molecule has 0 spiro atoms. The van der Waals surface area contributed by atoms with Crippen LogP contribution in [-0.2, 0) is 0 Å². The van der Waals surface area contributed by atoms with Gasteiger partial charge in [0.2, 0.25) is 11.6 Å². The number of pyridine rings is 1. The largest absolute Gasteiger partial charge is 0.431 e. The highest BCUT2D eigenvalue weighted by atomic mass is 79.9. The normalized spacial score (nSPS) is 10.1. The predicted octanol–water partition coefficient (Wildman–Crippen LogP) is 2.83. The number of hydrogen-bond donors (Lipinski definition) is 2. The van der Waals surface area contributed by atoms with Gasteiger partial charge in [0.1, 0.15) is 11.5 Å². The lowest BCUT2D eigenvalue weighted by Crippen LogP contribution is -2.13. The first kappa shape index (κ1) is 13.9. The summed E-state index contributed by atoms with van der Waals surface area (Å²) in [5.41, 5.74) is 5.38. The van der Waals surface area contributed by atoms with Crippen molar-refractivity contribution in [1.29, 1.82) is 5.41 Å². The zero-order chi connectivity index (χ0) is 14.7. The molecule has 0 aliphatic rings. The van der Waals surface area contributed by atoms with Gasteiger partial charge in [-0.1, -0.05) is 12.1 Å². The zero-order valence-electron chi connectivity index (χ0n) is 10.0. The third kappa shape index (κ3) is 2.91. The molecule has 0 amide bonds. The van der Waals surface area contributed by atoms with E-state index in [9.17, 15) is 10.1 Å². The van der Waals surface area contributed by atoms with E-state index in [1.165, 1.54) is 18.2 Å². The second kappa shape index (κ2) is 5.66. The Morgan fingerprint density at radius 2 is 2.05 bits per heavy atom. The van der Waals surface area contributed by atoms with Gasteiger partial charge in [-0.3, -0.25) is 15.5 Å². The maximum atomic E-state index is 11.0. The van der Waals surface area contributed by atoms with Gasteiger partial charge in [-0.2, -0.15) is 0 Å². The highest BCUT2D eigenvalue weighted by Gasteiger charge is 2.19. The smallest absolute Gasteiger partial charge is 0.312 e. The monoisotopic (exact) mass is 336 g/mol. The van der Waals surface area contributed by atoms with Crippen LogP contribution < -0.4 is 10.5 Å². The Morgan fingerprint density at radius 3 is 2.70 bits per heavy atom. The molecule has 0 unspecified atom stereocenters. The van der Waals surface area contributed by atoms with Crippen LogP contribution in [0.4, 0.5) is 5.69 Å². The number of ether oxygens (including phenoxy) is 1. The van der Waals surface area contributed by atoms with E-state index in [0.717, 1.165) is 0 Å². The Labute approximate surface area is 122 Å². The molecule has 20 heavy (non-hydrogen) atoms. The van der Waals surface area contributed by atoms with Crippen LogP contribution in [0.1, 0.15) is 5.69 Å². The Bertz CT molecular complexity index is 690. The third-order valence-electron chi connectivity index (χ3n) is 2.35. The minimum absolute atomic E-state index is 0.0469. The number of hydrogen-bond acceptors (Lipinski definition) is 5. The summed E-state index contributed by atoms with van der Waals surface area (Å²) >= 11 is 3.20. The minimum atomic E-state index is -0.547. The first-order chi connectivity index (χ1) is 9.49. The van der Waals surface area contributed by atoms with Crippen molar-refractivity contribution in [2.24, 2.45) is 5.73 Å². The molecule has 0 fully saturated rings. The molecule has 8 heteroatoms.